The Morgan fingerprint density at radius 1 is 1.00 bits per heavy atom. The van der Waals surface area contributed by atoms with Gasteiger partial charge in [0.2, 0.25) is 0 Å². The number of ketones is 1. The molecule has 8 atom stereocenters. The van der Waals surface area contributed by atoms with Crippen molar-refractivity contribution < 1.29 is 39.2 Å². The highest BCUT2D eigenvalue weighted by molar-refractivity contribution is 5.96. The molecule has 0 amide bonds. The fourth-order valence-electron chi connectivity index (χ4n) is 8.77. The molecule has 0 radical (unpaired) electrons. The van der Waals surface area contributed by atoms with Gasteiger partial charge in [0.1, 0.15) is 11.7 Å². The van der Waals surface area contributed by atoms with E-state index in [1.165, 1.54) is 25.7 Å². The molecule has 0 aromatic heterocycles. The lowest BCUT2D eigenvalue weighted by atomic mass is 9.59. The maximum absolute atomic E-state index is 14.7. The second kappa shape index (κ2) is 12.2. The van der Waals surface area contributed by atoms with Crippen LogP contribution in [0.3, 0.4) is 0 Å². The Kier molecular flexibility index (Phi) is 9.52. The number of unbranched alkanes of at least 4 members (excludes halogenated alkanes) is 6. The number of fused-ring (bicyclic) bond motifs is 3. The summed E-state index contributed by atoms with van der Waals surface area (Å²) in [5, 5.41) is 34.5. The Morgan fingerprint density at radius 3 is 2.26 bits per heavy atom. The molecule has 0 heterocycles. The molecule has 2 bridgehead atoms. The Bertz CT molecular complexity index is 1120. The van der Waals surface area contributed by atoms with Crippen molar-refractivity contribution in [2.24, 2.45) is 28.6 Å². The highest BCUT2D eigenvalue weighted by atomic mass is 16.6. The summed E-state index contributed by atoms with van der Waals surface area (Å²) in [6, 6.07) is 0. The van der Waals surface area contributed by atoms with Gasteiger partial charge in [0.15, 0.2) is 17.5 Å². The van der Waals surface area contributed by atoms with E-state index in [1.807, 2.05) is 27.7 Å². The summed E-state index contributed by atoms with van der Waals surface area (Å²) in [4.78, 5) is 40.6. The summed E-state index contributed by atoms with van der Waals surface area (Å²) < 4.78 is 12.1. The van der Waals surface area contributed by atoms with Crippen LogP contribution >= 0.6 is 0 Å². The maximum Gasteiger partial charge on any atom is 0.306 e. The van der Waals surface area contributed by atoms with Crippen molar-refractivity contribution in [1.82, 2.24) is 0 Å². The van der Waals surface area contributed by atoms with E-state index in [-0.39, 0.29) is 29.7 Å². The molecule has 0 aliphatic heterocycles. The lowest BCUT2D eigenvalue weighted by Gasteiger charge is -2.49. The summed E-state index contributed by atoms with van der Waals surface area (Å²) in [5.74, 6) is -2.87. The molecule has 236 valence electrons. The van der Waals surface area contributed by atoms with Gasteiger partial charge >= 0.3 is 11.9 Å². The zero-order valence-corrected chi connectivity index (χ0v) is 26.4. The summed E-state index contributed by atoms with van der Waals surface area (Å²) in [6.07, 6.45) is 9.28. The first-order chi connectivity index (χ1) is 19.8. The Hall–Kier alpha value is -2.03. The number of aliphatic hydroxyl groups is 3. The van der Waals surface area contributed by atoms with Gasteiger partial charge in [-0.2, -0.15) is 0 Å². The molecule has 8 heteroatoms. The second-order valence-electron chi connectivity index (χ2n) is 13.9. The van der Waals surface area contributed by atoms with E-state index in [9.17, 15) is 29.7 Å². The van der Waals surface area contributed by atoms with E-state index in [2.05, 4.69) is 6.92 Å². The van der Waals surface area contributed by atoms with Gasteiger partial charge in [-0.3, -0.25) is 14.4 Å². The van der Waals surface area contributed by atoms with Gasteiger partial charge < -0.3 is 24.8 Å². The van der Waals surface area contributed by atoms with Gasteiger partial charge in [0.05, 0.1) is 12.0 Å². The lowest BCUT2D eigenvalue weighted by molar-refractivity contribution is -0.204. The molecule has 4 aliphatic carbocycles. The molecule has 0 unspecified atom stereocenters. The molecular formula is C34H52O8. The Labute approximate surface area is 250 Å². The van der Waals surface area contributed by atoms with Gasteiger partial charge in [-0.25, -0.2) is 0 Å². The minimum Gasteiger partial charge on any atom is -0.458 e. The van der Waals surface area contributed by atoms with Gasteiger partial charge in [0.25, 0.3) is 0 Å². The molecule has 0 aromatic carbocycles. The topological polar surface area (TPSA) is 130 Å². The second-order valence-corrected chi connectivity index (χ2v) is 13.9. The van der Waals surface area contributed by atoms with Crippen molar-refractivity contribution in [2.75, 3.05) is 6.61 Å². The average molecular weight is 589 g/mol. The Balaban J connectivity index is 1.67. The minimum absolute atomic E-state index is 0.109. The van der Waals surface area contributed by atoms with E-state index in [0.717, 1.165) is 19.3 Å². The highest BCUT2D eigenvalue weighted by Gasteiger charge is 2.83. The molecule has 1 spiro atoms. The zero-order valence-electron chi connectivity index (χ0n) is 26.4. The third kappa shape index (κ3) is 4.89. The van der Waals surface area contributed by atoms with Crippen molar-refractivity contribution in [1.29, 1.82) is 0 Å². The summed E-state index contributed by atoms with van der Waals surface area (Å²) >= 11 is 0. The van der Waals surface area contributed by atoms with E-state index in [0.29, 0.717) is 24.8 Å². The van der Waals surface area contributed by atoms with Crippen LogP contribution in [0.4, 0.5) is 0 Å². The highest BCUT2D eigenvalue weighted by Crippen LogP contribution is 2.75. The first kappa shape index (κ1) is 32.9. The third-order valence-corrected chi connectivity index (χ3v) is 11.0. The number of Topliss-reactive ketones (excluding diaryl/α,β-unsaturated/α-hetero) is 1. The van der Waals surface area contributed by atoms with Crippen molar-refractivity contribution in [3.63, 3.8) is 0 Å². The summed E-state index contributed by atoms with van der Waals surface area (Å²) in [5.41, 5.74) is -4.70. The first-order valence-electron chi connectivity index (χ1n) is 16.2. The van der Waals surface area contributed by atoms with Crippen LogP contribution in [0.25, 0.3) is 0 Å². The normalized spacial score (nSPS) is 37.9. The summed E-state index contributed by atoms with van der Waals surface area (Å²) in [7, 11) is 0. The predicted octanol–water partition coefficient (Wildman–Crippen LogP) is 4.97. The van der Waals surface area contributed by atoms with Crippen LogP contribution in [0.5, 0.6) is 0 Å². The van der Waals surface area contributed by atoms with Gasteiger partial charge in [-0.1, -0.05) is 85.3 Å². The standard InChI is InChI=1S/C34H52O8/c1-7-9-10-11-12-13-14-16-26(37)42-33-19-22(4)32-18-21(3)30(41-25(36)15-8-2)34(32,40)28(38)23(20-35)17-24(29(32)39)27(33)31(33,5)6/h17-18,22,24,27-28,30,35,38,40H,7-16,19-20H2,1-6H3/t22-,24+,27-,28-,30+,32+,33+,34+/m1/s1. The van der Waals surface area contributed by atoms with E-state index in [1.54, 1.807) is 19.1 Å². The van der Waals surface area contributed by atoms with Crippen LogP contribution in [-0.2, 0) is 23.9 Å². The quantitative estimate of drug-likeness (QED) is 0.156. The minimum atomic E-state index is -2.22. The van der Waals surface area contributed by atoms with Crippen LogP contribution in [0.1, 0.15) is 112 Å². The number of rotatable bonds is 13. The molecule has 4 rings (SSSR count). The van der Waals surface area contributed by atoms with Crippen LogP contribution in [0.15, 0.2) is 23.3 Å². The van der Waals surface area contributed by atoms with Gasteiger partial charge in [-0.05, 0) is 43.3 Å². The van der Waals surface area contributed by atoms with Crippen LogP contribution < -0.4 is 0 Å². The lowest BCUT2D eigenvalue weighted by Crippen LogP contribution is -2.66. The van der Waals surface area contributed by atoms with E-state index >= 15 is 0 Å². The molecular weight excluding hydrogens is 536 g/mol. The number of aliphatic hydroxyl groups excluding tert-OH is 2. The molecule has 8 nitrogen and oxygen atoms in total. The largest absolute Gasteiger partial charge is 0.458 e. The maximum atomic E-state index is 14.7. The number of carbonyl (C=O) groups is 3. The molecule has 3 N–H and O–H groups in total. The molecule has 2 saturated carbocycles. The zero-order chi connectivity index (χ0) is 31.1. The van der Waals surface area contributed by atoms with Gasteiger partial charge in [-0.15, -0.1) is 0 Å². The van der Waals surface area contributed by atoms with E-state index in [4.69, 9.17) is 9.47 Å². The van der Waals surface area contributed by atoms with Crippen molar-refractivity contribution in [2.45, 2.75) is 136 Å². The van der Waals surface area contributed by atoms with Crippen molar-refractivity contribution in [3.8, 4) is 0 Å². The number of hydrogen-bond donors (Lipinski definition) is 3. The molecule has 42 heavy (non-hydrogen) atoms. The SMILES string of the molecule is CCCCCCCCCC(=O)O[C@@]12C[C@@H](C)[C@]34C=C(C)[C@H](OC(=O)CCC)[C@@]3(O)[C@H](O)C(CO)=C[C@H](C4=O)[C@@H]1C2(C)C. The Morgan fingerprint density at radius 2 is 1.64 bits per heavy atom. The molecule has 2 fully saturated rings. The van der Waals surface area contributed by atoms with Crippen LogP contribution in [0.2, 0.25) is 0 Å². The van der Waals surface area contributed by atoms with Crippen LogP contribution in [0, 0.1) is 28.6 Å². The number of allylic oxidation sites excluding steroid dienone is 1. The van der Waals surface area contributed by atoms with Gasteiger partial charge in [0, 0.05) is 30.1 Å². The first-order valence-corrected chi connectivity index (χ1v) is 16.2. The number of carbonyl (C=O) groups excluding carboxylic acids is 3. The number of hydrogen-bond acceptors (Lipinski definition) is 8. The molecule has 0 aromatic rings. The predicted molar refractivity (Wildman–Crippen MR) is 158 cm³/mol. The number of esters is 2. The molecule has 4 aliphatic rings. The molecule has 0 saturated heterocycles. The van der Waals surface area contributed by atoms with E-state index < -0.39 is 58.7 Å². The van der Waals surface area contributed by atoms with Crippen LogP contribution in [-0.4, -0.2) is 63.1 Å². The monoisotopic (exact) mass is 588 g/mol. The summed E-state index contributed by atoms with van der Waals surface area (Å²) in [6.45, 7) is 11.0. The fraction of sp³-hybridized carbons (Fsp3) is 0.794. The smallest absolute Gasteiger partial charge is 0.306 e. The van der Waals surface area contributed by atoms with Crippen molar-refractivity contribution >= 4 is 17.7 Å². The van der Waals surface area contributed by atoms with Crippen molar-refractivity contribution in [3.05, 3.63) is 23.3 Å². The third-order valence-electron chi connectivity index (χ3n) is 11.0. The fourth-order valence-corrected chi connectivity index (χ4v) is 8.77. The number of ether oxygens (including phenoxy) is 2. The average Bonchev–Trinajstić information content (AvgIpc) is 3.33.